The molecule has 3 aromatic rings. The van der Waals surface area contributed by atoms with Gasteiger partial charge in [0.1, 0.15) is 17.1 Å². The number of morpholine rings is 1. The van der Waals surface area contributed by atoms with Crippen molar-refractivity contribution in [3.05, 3.63) is 24.0 Å². The molecule has 2 aliphatic rings. The van der Waals surface area contributed by atoms with Gasteiger partial charge in [0.05, 0.1) is 25.8 Å². The van der Waals surface area contributed by atoms with E-state index in [2.05, 4.69) is 25.3 Å². The summed E-state index contributed by atoms with van der Waals surface area (Å²) >= 11 is 5.75. The van der Waals surface area contributed by atoms with Crippen LogP contribution >= 0.6 is 11.6 Å². The molecule has 0 spiro atoms. The van der Waals surface area contributed by atoms with Crippen LogP contribution in [0.5, 0.6) is 5.75 Å². The number of piperidine rings is 1. The molecule has 0 aliphatic carbocycles. The monoisotopic (exact) mass is 536 g/mol. The average molecular weight is 537 g/mol. The van der Waals surface area contributed by atoms with Gasteiger partial charge in [0, 0.05) is 32.2 Å². The van der Waals surface area contributed by atoms with Gasteiger partial charge >= 0.3 is 0 Å². The topological polar surface area (TPSA) is 111 Å². The predicted molar refractivity (Wildman–Crippen MR) is 133 cm³/mol. The minimum absolute atomic E-state index is 0.00884. The van der Waals surface area contributed by atoms with Crippen LogP contribution in [-0.2, 0) is 9.53 Å². The number of para-hydroxylation sites is 1. The molecule has 11 nitrogen and oxygen atoms in total. The lowest BCUT2D eigenvalue weighted by atomic mass is 10.1. The van der Waals surface area contributed by atoms with Crippen LogP contribution in [0, 0.1) is 0 Å². The first kappa shape index (κ1) is 25.3. The number of anilines is 2. The molecule has 0 saturated carbocycles. The van der Waals surface area contributed by atoms with Crippen LogP contribution in [0.2, 0.25) is 0 Å². The van der Waals surface area contributed by atoms with Crippen LogP contribution in [0.25, 0.3) is 17.0 Å². The van der Waals surface area contributed by atoms with Gasteiger partial charge in [0.15, 0.2) is 5.82 Å². The average Bonchev–Trinajstić information content (AvgIpc) is 3.33. The number of carbonyl (C=O) groups excluding carboxylic acids is 1. The van der Waals surface area contributed by atoms with Crippen molar-refractivity contribution >= 4 is 40.4 Å². The Morgan fingerprint density at radius 3 is 2.70 bits per heavy atom. The molecule has 5 rings (SSSR count). The molecule has 1 N–H and O–H groups in total. The minimum Gasteiger partial charge on any atom is -0.494 e. The Morgan fingerprint density at radius 2 is 1.97 bits per heavy atom. The zero-order chi connectivity index (χ0) is 25.9. The van der Waals surface area contributed by atoms with Crippen LogP contribution in [0.3, 0.4) is 0 Å². The van der Waals surface area contributed by atoms with E-state index in [1.807, 2.05) is 4.90 Å². The van der Waals surface area contributed by atoms with Crippen molar-refractivity contribution in [3.8, 4) is 11.7 Å². The van der Waals surface area contributed by atoms with Crippen molar-refractivity contribution in [2.75, 3.05) is 62.6 Å². The number of ether oxygens (including phenoxy) is 2. The smallest absolute Gasteiger partial charge is 0.296 e. The van der Waals surface area contributed by atoms with Gasteiger partial charge in [-0.05, 0) is 25.0 Å². The number of benzene rings is 1. The number of nitrogens with zero attached hydrogens (tertiary/aromatic N) is 7. The lowest BCUT2D eigenvalue weighted by molar-refractivity contribution is -0.129. The normalized spacial score (nSPS) is 18.5. The number of imidazole rings is 1. The number of amides is 1. The highest BCUT2D eigenvalue weighted by atomic mass is 35.5. The summed E-state index contributed by atoms with van der Waals surface area (Å²) < 4.78 is 40.4. The minimum atomic E-state index is -2.88. The number of carbonyl (C=O) groups is 1. The SMILES string of the molecule is COc1cccc2c1nc(C(F)F)n2-c1nc(N[C@@H]2CCCN(C(=O)CCl)C2)nc(N2CCOCC2)n1. The molecule has 0 radical (unpaired) electrons. The Hall–Kier alpha value is -3.32. The zero-order valence-corrected chi connectivity index (χ0v) is 21.0. The van der Waals surface area contributed by atoms with Crippen LogP contribution < -0.4 is 15.0 Å². The lowest BCUT2D eigenvalue weighted by Crippen LogP contribution is -2.46. The van der Waals surface area contributed by atoms with Gasteiger partial charge in [-0.25, -0.2) is 13.8 Å². The number of nitrogens with one attached hydrogen (secondary N) is 1. The number of alkyl halides is 3. The Morgan fingerprint density at radius 1 is 1.19 bits per heavy atom. The predicted octanol–water partition coefficient (Wildman–Crippen LogP) is 2.64. The van der Waals surface area contributed by atoms with E-state index < -0.39 is 12.2 Å². The largest absolute Gasteiger partial charge is 0.494 e. The van der Waals surface area contributed by atoms with Crippen LogP contribution in [0.1, 0.15) is 25.1 Å². The van der Waals surface area contributed by atoms with Gasteiger partial charge in [-0.3, -0.25) is 9.36 Å². The fourth-order valence-electron chi connectivity index (χ4n) is 4.62. The number of methoxy groups -OCH3 is 1. The van der Waals surface area contributed by atoms with E-state index in [-0.39, 0.29) is 35.2 Å². The first-order chi connectivity index (χ1) is 18.0. The number of halogens is 3. The van der Waals surface area contributed by atoms with Gasteiger partial charge in [-0.15, -0.1) is 11.6 Å². The van der Waals surface area contributed by atoms with Crippen molar-refractivity contribution in [3.63, 3.8) is 0 Å². The summed E-state index contributed by atoms with van der Waals surface area (Å²) in [5.74, 6) is 0.212. The Kier molecular flexibility index (Phi) is 7.51. The van der Waals surface area contributed by atoms with Gasteiger partial charge in [0.2, 0.25) is 23.8 Å². The van der Waals surface area contributed by atoms with E-state index in [4.69, 9.17) is 21.1 Å². The van der Waals surface area contributed by atoms with Crippen molar-refractivity contribution in [1.82, 2.24) is 29.4 Å². The molecular weight excluding hydrogens is 510 g/mol. The van der Waals surface area contributed by atoms with Crippen LogP contribution in [0.4, 0.5) is 20.7 Å². The molecule has 2 aromatic heterocycles. The maximum atomic E-state index is 14.2. The summed E-state index contributed by atoms with van der Waals surface area (Å²) in [5, 5.41) is 3.29. The molecule has 14 heteroatoms. The number of fused-ring (bicyclic) bond motifs is 1. The summed E-state index contributed by atoms with van der Waals surface area (Å²) in [6.07, 6.45) is -1.31. The van der Waals surface area contributed by atoms with Crippen molar-refractivity contribution in [1.29, 1.82) is 0 Å². The lowest BCUT2D eigenvalue weighted by Gasteiger charge is -2.33. The molecule has 1 aromatic carbocycles. The third-order valence-corrected chi connectivity index (χ3v) is 6.65. The Bertz CT molecular complexity index is 1270. The van der Waals surface area contributed by atoms with Gasteiger partial charge < -0.3 is 24.6 Å². The van der Waals surface area contributed by atoms with E-state index in [1.54, 1.807) is 23.1 Å². The third kappa shape index (κ3) is 5.23. The molecule has 0 unspecified atom stereocenters. The molecule has 2 aliphatic heterocycles. The molecule has 37 heavy (non-hydrogen) atoms. The summed E-state index contributed by atoms with van der Waals surface area (Å²) in [4.78, 5) is 33.6. The van der Waals surface area contributed by atoms with E-state index >= 15 is 0 Å². The van der Waals surface area contributed by atoms with Crippen LogP contribution in [0.15, 0.2) is 18.2 Å². The summed E-state index contributed by atoms with van der Waals surface area (Å²) in [5.41, 5.74) is 0.668. The highest BCUT2D eigenvalue weighted by molar-refractivity contribution is 6.27. The van der Waals surface area contributed by atoms with E-state index in [0.29, 0.717) is 56.6 Å². The standard InChI is InChI=1S/C23H27ClF2N8O3/c1-36-16-6-2-5-15-18(16)28-20(19(25)26)34(15)23-30-21(29-22(31-23)32-8-10-37-11-9-32)27-14-4-3-7-33(13-14)17(35)12-24/h2,5-6,14,19H,3-4,7-13H2,1H3,(H,27,29,30,31)/t14-/m1/s1. The maximum Gasteiger partial charge on any atom is 0.296 e. The van der Waals surface area contributed by atoms with Crippen molar-refractivity contribution in [2.24, 2.45) is 0 Å². The zero-order valence-electron chi connectivity index (χ0n) is 20.2. The third-order valence-electron chi connectivity index (χ3n) is 6.42. The second-order valence-electron chi connectivity index (χ2n) is 8.75. The number of likely N-dealkylation sites (tertiary alicyclic amines) is 1. The fraction of sp³-hybridized carbons (Fsp3) is 0.522. The van der Waals surface area contributed by atoms with Crippen LogP contribution in [-0.4, -0.2) is 93.7 Å². The number of hydrogen-bond donors (Lipinski definition) is 1. The van der Waals surface area contributed by atoms with Gasteiger partial charge in [-0.1, -0.05) is 6.07 Å². The highest BCUT2D eigenvalue weighted by Gasteiger charge is 2.28. The quantitative estimate of drug-likeness (QED) is 0.455. The molecule has 2 fully saturated rings. The fourth-order valence-corrected chi connectivity index (χ4v) is 4.79. The number of aromatic nitrogens is 5. The number of hydrogen-bond acceptors (Lipinski definition) is 9. The second-order valence-corrected chi connectivity index (χ2v) is 9.02. The van der Waals surface area contributed by atoms with E-state index in [0.717, 1.165) is 12.8 Å². The molecule has 2 saturated heterocycles. The Labute approximate surface area is 216 Å². The maximum absolute atomic E-state index is 14.2. The first-order valence-electron chi connectivity index (χ1n) is 12.0. The summed E-state index contributed by atoms with van der Waals surface area (Å²) in [6.45, 7) is 3.15. The van der Waals surface area contributed by atoms with E-state index in [9.17, 15) is 13.6 Å². The molecule has 198 valence electrons. The summed E-state index contributed by atoms with van der Waals surface area (Å²) in [7, 11) is 1.46. The van der Waals surface area contributed by atoms with Gasteiger partial charge in [-0.2, -0.15) is 15.0 Å². The van der Waals surface area contributed by atoms with Crippen molar-refractivity contribution in [2.45, 2.75) is 25.3 Å². The molecular formula is C23H27ClF2N8O3. The highest BCUT2D eigenvalue weighted by Crippen LogP contribution is 2.32. The summed E-state index contributed by atoms with van der Waals surface area (Å²) in [6, 6.07) is 4.88. The second kappa shape index (κ2) is 11.0. The first-order valence-corrected chi connectivity index (χ1v) is 12.5. The number of rotatable bonds is 7. The molecule has 0 bridgehead atoms. The molecule has 1 amide bonds. The Balaban J connectivity index is 1.58. The van der Waals surface area contributed by atoms with Crippen molar-refractivity contribution < 1.29 is 23.0 Å². The molecule has 1 atom stereocenters. The van der Waals surface area contributed by atoms with Gasteiger partial charge in [0.25, 0.3) is 6.43 Å². The van der Waals surface area contributed by atoms with E-state index in [1.165, 1.54) is 11.7 Å². The molecule has 4 heterocycles.